The van der Waals surface area contributed by atoms with Crippen molar-refractivity contribution in [1.82, 2.24) is 4.90 Å². The Morgan fingerprint density at radius 2 is 1.57 bits per heavy atom. The van der Waals surface area contributed by atoms with Crippen LogP contribution in [0.1, 0.15) is 135 Å². The molecule has 1 aromatic rings. The van der Waals surface area contributed by atoms with Gasteiger partial charge in [0, 0.05) is 11.8 Å². The van der Waals surface area contributed by atoms with E-state index in [-0.39, 0.29) is 27.1 Å². The largest absolute Gasteiger partial charge is 0.478 e. The second-order valence-corrected chi connectivity index (χ2v) is 18.6. The minimum Gasteiger partial charge on any atom is -0.478 e. The molecule has 254 valence electrons. The van der Waals surface area contributed by atoms with Crippen molar-refractivity contribution in [1.29, 1.82) is 0 Å². The van der Waals surface area contributed by atoms with Gasteiger partial charge in [-0.05, 0) is 165 Å². The summed E-state index contributed by atoms with van der Waals surface area (Å²) in [5, 5.41) is 9.47. The van der Waals surface area contributed by atoms with Gasteiger partial charge in [0.05, 0.1) is 5.56 Å². The van der Waals surface area contributed by atoms with Crippen molar-refractivity contribution < 1.29 is 14.7 Å². The molecule has 6 rings (SSSR count). The molecular formula is C42H63NO3. The quantitative estimate of drug-likeness (QED) is 0.311. The van der Waals surface area contributed by atoms with E-state index in [4.69, 9.17) is 0 Å². The van der Waals surface area contributed by atoms with Crippen molar-refractivity contribution in [2.75, 3.05) is 20.6 Å². The first kappa shape index (κ1) is 33.9. The maximum absolute atomic E-state index is 14.3. The molecule has 0 radical (unpaired) electrons. The molecule has 4 fully saturated rings. The molecule has 0 heterocycles. The predicted octanol–water partition coefficient (Wildman–Crippen LogP) is 10.0. The first-order chi connectivity index (χ1) is 21.5. The topological polar surface area (TPSA) is 57.6 Å². The fraction of sp³-hybridized carbons (Fsp3) is 0.762. The van der Waals surface area contributed by atoms with E-state index in [1.165, 1.54) is 49.7 Å². The zero-order valence-electron chi connectivity index (χ0n) is 30.5. The van der Waals surface area contributed by atoms with E-state index in [2.05, 4.69) is 73.5 Å². The van der Waals surface area contributed by atoms with Gasteiger partial charge in [0.15, 0.2) is 0 Å². The van der Waals surface area contributed by atoms with Crippen LogP contribution in [-0.2, 0) is 4.79 Å². The molecule has 4 saturated carbocycles. The van der Waals surface area contributed by atoms with Crippen LogP contribution in [0.4, 0.5) is 0 Å². The zero-order valence-corrected chi connectivity index (χ0v) is 30.5. The number of allylic oxidation sites excluding steroid dienone is 2. The summed E-state index contributed by atoms with van der Waals surface area (Å²) in [4.78, 5) is 28.1. The van der Waals surface area contributed by atoms with E-state index in [1.807, 2.05) is 12.1 Å². The highest BCUT2D eigenvalue weighted by atomic mass is 16.4. The number of carbonyl (C=O) groups is 2. The lowest BCUT2D eigenvalue weighted by Crippen LogP contribution is -2.66. The molecule has 46 heavy (non-hydrogen) atoms. The molecule has 0 unspecified atom stereocenters. The first-order valence-electron chi connectivity index (χ1n) is 18.8. The van der Waals surface area contributed by atoms with E-state index in [0.717, 1.165) is 38.6 Å². The van der Waals surface area contributed by atoms with Gasteiger partial charge in [-0.2, -0.15) is 0 Å². The summed E-state index contributed by atoms with van der Waals surface area (Å²) in [5.41, 5.74) is 3.64. The van der Waals surface area contributed by atoms with Gasteiger partial charge in [-0.1, -0.05) is 66.7 Å². The number of ketones is 1. The predicted molar refractivity (Wildman–Crippen MR) is 189 cm³/mol. The van der Waals surface area contributed by atoms with Crippen LogP contribution in [0.2, 0.25) is 0 Å². The SMILES string of the molecule is CC(C)[C@@H]1CC[C@]2(C(=O)CCCN(C)C)CC[C@]3(C)[C@H](CC[C@@H]4[C@@]5(C)CC=C(c6ccc(C(=O)O)cc6)C(C)(C)[C@@H]5CC[C@]43C)[C@@H]12. The lowest BCUT2D eigenvalue weighted by molar-refractivity contribution is -0.226. The average Bonchev–Trinajstić information content (AvgIpc) is 3.38. The summed E-state index contributed by atoms with van der Waals surface area (Å²) in [5.74, 6) is 3.50. The highest BCUT2D eigenvalue weighted by molar-refractivity contribution is 5.88. The number of hydrogen-bond donors (Lipinski definition) is 1. The third kappa shape index (κ3) is 4.84. The fourth-order valence-electron chi connectivity index (χ4n) is 13.6. The number of carbonyl (C=O) groups excluding carboxylic acids is 1. The van der Waals surface area contributed by atoms with E-state index in [9.17, 15) is 14.7 Å². The molecule has 0 saturated heterocycles. The molecule has 0 amide bonds. The summed E-state index contributed by atoms with van der Waals surface area (Å²) in [6, 6.07) is 7.60. The van der Waals surface area contributed by atoms with Gasteiger partial charge in [-0.25, -0.2) is 4.79 Å². The van der Waals surface area contributed by atoms with Gasteiger partial charge < -0.3 is 10.0 Å². The van der Waals surface area contributed by atoms with E-state index < -0.39 is 5.97 Å². The molecule has 4 heteroatoms. The molecule has 0 spiro atoms. The van der Waals surface area contributed by atoms with Gasteiger partial charge in [0.1, 0.15) is 5.78 Å². The fourth-order valence-corrected chi connectivity index (χ4v) is 13.6. The van der Waals surface area contributed by atoms with Gasteiger partial charge in [0.2, 0.25) is 0 Å². The van der Waals surface area contributed by atoms with Gasteiger partial charge >= 0.3 is 5.97 Å². The molecule has 0 aromatic heterocycles. The normalized spacial score (nSPS) is 41.3. The lowest BCUT2D eigenvalue weighted by Gasteiger charge is -2.72. The molecule has 1 aromatic carbocycles. The third-order valence-electron chi connectivity index (χ3n) is 15.9. The van der Waals surface area contributed by atoms with Crippen molar-refractivity contribution in [3.05, 3.63) is 41.5 Å². The van der Waals surface area contributed by atoms with Gasteiger partial charge in [0.25, 0.3) is 0 Å². The highest BCUT2D eigenvalue weighted by Crippen LogP contribution is 2.78. The van der Waals surface area contributed by atoms with Crippen LogP contribution in [0, 0.1) is 62.6 Å². The van der Waals surface area contributed by atoms with Crippen LogP contribution in [0.25, 0.3) is 5.57 Å². The van der Waals surface area contributed by atoms with Crippen molar-refractivity contribution >= 4 is 17.3 Å². The van der Waals surface area contributed by atoms with Crippen LogP contribution < -0.4 is 0 Å². The number of rotatable bonds is 8. The summed E-state index contributed by atoms with van der Waals surface area (Å²) in [6.45, 7) is 18.8. The van der Waals surface area contributed by atoms with Crippen LogP contribution in [0.15, 0.2) is 30.3 Å². The van der Waals surface area contributed by atoms with Crippen molar-refractivity contribution in [2.45, 2.75) is 119 Å². The lowest BCUT2D eigenvalue weighted by atomic mass is 9.32. The number of nitrogens with zero attached hydrogens (tertiary/aromatic N) is 1. The number of hydrogen-bond acceptors (Lipinski definition) is 3. The van der Waals surface area contributed by atoms with Crippen LogP contribution >= 0.6 is 0 Å². The van der Waals surface area contributed by atoms with Crippen LogP contribution in [-0.4, -0.2) is 42.4 Å². The summed E-state index contributed by atoms with van der Waals surface area (Å²) in [6.07, 6.45) is 15.2. The Kier molecular flexibility index (Phi) is 8.55. The molecule has 9 atom stereocenters. The molecule has 4 nitrogen and oxygen atoms in total. The summed E-state index contributed by atoms with van der Waals surface area (Å²) < 4.78 is 0. The molecule has 0 aliphatic heterocycles. The van der Waals surface area contributed by atoms with Crippen LogP contribution in [0.5, 0.6) is 0 Å². The van der Waals surface area contributed by atoms with Crippen molar-refractivity contribution in [3.8, 4) is 0 Å². The van der Waals surface area contributed by atoms with Crippen molar-refractivity contribution in [3.63, 3.8) is 0 Å². The highest BCUT2D eigenvalue weighted by Gasteiger charge is 2.71. The Hall–Kier alpha value is -1.94. The Morgan fingerprint density at radius 1 is 0.870 bits per heavy atom. The van der Waals surface area contributed by atoms with Gasteiger partial charge in [-0.3, -0.25) is 4.79 Å². The maximum atomic E-state index is 14.3. The Labute approximate surface area is 280 Å². The standard InChI is InChI=1S/C42H63NO3/c1-27(2)30-18-23-42(35(44)11-10-26-43(8)9)25-24-40(6)32(36(30)42)16-17-34-39(5)21-19-31(28-12-14-29(15-13-28)37(45)46)38(3,4)33(39)20-22-41(34,40)7/h12-15,19,27,30,32-34,36H,10-11,16-18,20-26H2,1-9H3,(H,45,46)/t30-,32+,33-,34+,36+,39-,40+,41+,42+/m0/s1. The van der Waals surface area contributed by atoms with E-state index in [1.54, 1.807) is 12.1 Å². The second kappa shape index (κ2) is 11.6. The zero-order chi connectivity index (χ0) is 33.4. The van der Waals surface area contributed by atoms with Crippen molar-refractivity contribution in [2.24, 2.45) is 62.6 Å². The monoisotopic (exact) mass is 629 g/mol. The number of carboxylic acid groups (broad SMARTS) is 1. The maximum Gasteiger partial charge on any atom is 0.335 e. The first-order valence-corrected chi connectivity index (χ1v) is 18.8. The Balaban J connectivity index is 1.32. The third-order valence-corrected chi connectivity index (χ3v) is 15.9. The second-order valence-electron chi connectivity index (χ2n) is 18.6. The van der Waals surface area contributed by atoms with E-state index in [0.29, 0.717) is 46.9 Å². The molecular weight excluding hydrogens is 566 g/mol. The summed E-state index contributed by atoms with van der Waals surface area (Å²) in [7, 11) is 4.25. The number of fused-ring (bicyclic) bond motifs is 7. The molecule has 5 aliphatic rings. The minimum atomic E-state index is -0.863. The number of aromatic carboxylic acids is 1. The Morgan fingerprint density at radius 3 is 2.20 bits per heavy atom. The minimum absolute atomic E-state index is 0.0196. The van der Waals surface area contributed by atoms with E-state index >= 15 is 0 Å². The Bertz CT molecular complexity index is 1370. The van der Waals surface area contributed by atoms with Gasteiger partial charge in [-0.15, -0.1) is 0 Å². The number of carboxylic acids is 1. The molecule has 1 N–H and O–H groups in total. The molecule has 5 aliphatic carbocycles. The number of Topliss-reactive ketones (excluding diaryl/α,β-unsaturated/α-hetero) is 1. The van der Waals surface area contributed by atoms with Crippen LogP contribution in [0.3, 0.4) is 0 Å². The average molecular weight is 630 g/mol. The smallest absolute Gasteiger partial charge is 0.335 e. The summed E-state index contributed by atoms with van der Waals surface area (Å²) >= 11 is 0. The molecule has 0 bridgehead atoms. The number of benzene rings is 1.